The van der Waals surface area contributed by atoms with Crippen molar-refractivity contribution < 1.29 is 14.3 Å². The van der Waals surface area contributed by atoms with Gasteiger partial charge < -0.3 is 10.1 Å². The minimum atomic E-state index is -0.335. The van der Waals surface area contributed by atoms with Gasteiger partial charge in [0.25, 0.3) is 5.91 Å². The van der Waals surface area contributed by atoms with E-state index in [0.29, 0.717) is 17.9 Å². The summed E-state index contributed by atoms with van der Waals surface area (Å²) in [7, 11) is 0. The molecule has 21 heavy (non-hydrogen) atoms. The highest BCUT2D eigenvalue weighted by Crippen LogP contribution is 2.12. The van der Waals surface area contributed by atoms with E-state index in [0.717, 1.165) is 12.0 Å². The van der Waals surface area contributed by atoms with Gasteiger partial charge >= 0.3 is 5.97 Å². The van der Waals surface area contributed by atoms with Gasteiger partial charge in [-0.15, -0.1) is 0 Å². The van der Waals surface area contributed by atoms with Crippen molar-refractivity contribution in [2.75, 3.05) is 6.54 Å². The molecule has 0 unspecified atom stereocenters. The van der Waals surface area contributed by atoms with Crippen LogP contribution >= 0.6 is 0 Å². The Labute approximate surface area is 123 Å². The number of carbonyl (C=O) groups excluding carboxylic acids is 2. The Kier molecular flexibility index (Phi) is 5.10. The van der Waals surface area contributed by atoms with Crippen LogP contribution in [0.5, 0.6) is 5.75 Å². The van der Waals surface area contributed by atoms with Gasteiger partial charge in [-0.05, 0) is 36.2 Å². The molecule has 2 rings (SSSR count). The normalized spacial score (nSPS) is 9.95. The summed E-state index contributed by atoms with van der Waals surface area (Å²) in [5.74, 6) is 0.115. The molecule has 2 aromatic carbocycles. The average Bonchev–Trinajstić information content (AvgIpc) is 2.49. The van der Waals surface area contributed by atoms with Gasteiger partial charge in [0.15, 0.2) is 0 Å². The number of esters is 1. The second-order valence-electron chi connectivity index (χ2n) is 4.61. The zero-order chi connectivity index (χ0) is 15.1. The number of rotatable bonds is 5. The summed E-state index contributed by atoms with van der Waals surface area (Å²) in [5.41, 5.74) is 1.72. The third-order valence-electron chi connectivity index (χ3n) is 2.92. The first kappa shape index (κ1) is 14.8. The SMILES string of the molecule is CC(=O)Oc1ccc(CCNC(=O)c2ccccc2)cc1. The molecule has 0 spiro atoms. The van der Waals surface area contributed by atoms with Crippen LogP contribution in [0.4, 0.5) is 0 Å². The minimum absolute atomic E-state index is 0.0767. The summed E-state index contributed by atoms with van der Waals surface area (Å²) in [4.78, 5) is 22.7. The van der Waals surface area contributed by atoms with E-state index < -0.39 is 0 Å². The molecule has 1 amide bonds. The van der Waals surface area contributed by atoms with Crippen molar-refractivity contribution >= 4 is 11.9 Å². The first-order chi connectivity index (χ1) is 10.1. The molecule has 0 fully saturated rings. The Morgan fingerprint density at radius 2 is 1.67 bits per heavy atom. The fraction of sp³-hybridized carbons (Fsp3) is 0.176. The van der Waals surface area contributed by atoms with Gasteiger partial charge in [-0.25, -0.2) is 0 Å². The molecular weight excluding hydrogens is 266 g/mol. The highest BCUT2D eigenvalue weighted by molar-refractivity contribution is 5.94. The van der Waals surface area contributed by atoms with Crippen LogP contribution in [-0.2, 0) is 11.2 Å². The maximum Gasteiger partial charge on any atom is 0.308 e. The fourth-order valence-electron chi connectivity index (χ4n) is 1.90. The monoisotopic (exact) mass is 283 g/mol. The van der Waals surface area contributed by atoms with Crippen molar-refractivity contribution in [2.24, 2.45) is 0 Å². The Hall–Kier alpha value is -2.62. The third kappa shape index (κ3) is 4.76. The summed E-state index contributed by atoms with van der Waals surface area (Å²) in [6, 6.07) is 16.4. The fourth-order valence-corrected chi connectivity index (χ4v) is 1.90. The van der Waals surface area contributed by atoms with Crippen LogP contribution in [0.3, 0.4) is 0 Å². The van der Waals surface area contributed by atoms with E-state index in [4.69, 9.17) is 4.74 Å². The predicted octanol–water partition coefficient (Wildman–Crippen LogP) is 2.58. The van der Waals surface area contributed by atoms with Crippen LogP contribution in [-0.4, -0.2) is 18.4 Å². The van der Waals surface area contributed by atoms with Crippen LogP contribution < -0.4 is 10.1 Å². The molecule has 108 valence electrons. The van der Waals surface area contributed by atoms with Crippen LogP contribution in [0.15, 0.2) is 54.6 Å². The molecule has 0 saturated carbocycles. The summed E-state index contributed by atoms with van der Waals surface area (Å²) >= 11 is 0. The number of ether oxygens (including phenoxy) is 1. The molecule has 0 aliphatic heterocycles. The number of hydrogen-bond acceptors (Lipinski definition) is 3. The molecule has 4 nitrogen and oxygen atoms in total. The topological polar surface area (TPSA) is 55.4 Å². The molecule has 0 atom stereocenters. The number of hydrogen-bond donors (Lipinski definition) is 1. The van der Waals surface area contributed by atoms with Gasteiger partial charge in [0.05, 0.1) is 0 Å². The molecular formula is C17H17NO3. The van der Waals surface area contributed by atoms with Gasteiger partial charge in [0.2, 0.25) is 0 Å². The van der Waals surface area contributed by atoms with E-state index in [1.54, 1.807) is 24.3 Å². The number of carbonyl (C=O) groups is 2. The maximum atomic E-state index is 11.8. The van der Waals surface area contributed by atoms with E-state index in [1.807, 2.05) is 30.3 Å². The number of nitrogens with one attached hydrogen (secondary N) is 1. The lowest BCUT2D eigenvalue weighted by atomic mass is 10.1. The Balaban J connectivity index is 1.81. The van der Waals surface area contributed by atoms with Crippen molar-refractivity contribution in [2.45, 2.75) is 13.3 Å². The second kappa shape index (κ2) is 7.24. The van der Waals surface area contributed by atoms with Crippen molar-refractivity contribution in [3.63, 3.8) is 0 Å². The smallest absolute Gasteiger partial charge is 0.308 e. The Morgan fingerprint density at radius 1 is 1.00 bits per heavy atom. The third-order valence-corrected chi connectivity index (χ3v) is 2.92. The molecule has 2 aromatic rings. The average molecular weight is 283 g/mol. The summed E-state index contributed by atoms with van der Waals surface area (Å²) in [6.45, 7) is 1.92. The Bertz CT molecular complexity index is 606. The molecule has 1 N–H and O–H groups in total. The highest BCUT2D eigenvalue weighted by Gasteiger charge is 2.03. The molecule has 0 aliphatic carbocycles. The van der Waals surface area contributed by atoms with Crippen molar-refractivity contribution in [3.05, 3.63) is 65.7 Å². The van der Waals surface area contributed by atoms with Gasteiger partial charge in [0, 0.05) is 19.0 Å². The van der Waals surface area contributed by atoms with Crippen molar-refractivity contribution in [1.82, 2.24) is 5.32 Å². The summed E-state index contributed by atoms with van der Waals surface area (Å²) in [5, 5.41) is 2.87. The zero-order valence-corrected chi connectivity index (χ0v) is 11.8. The van der Waals surface area contributed by atoms with Crippen LogP contribution in [0, 0.1) is 0 Å². The lowest BCUT2D eigenvalue weighted by Crippen LogP contribution is -2.25. The molecule has 0 bridgehead atoms. The minimum Gasteiger partial charge on any atom is -0.427 e. The van der Waals surface area contributed by atoms with E-state index in [-0.39, 0.29) is 11.9 Å². The number of amides is 1. The lowest BCUT2D eigenvalue weighted by Gasteiger charge is -2.06. The maximum absolute atomic E-state index is 11.8. The van der Waals surface area contributed by atoms with Crippen LogP contribution in [0.2, 0.25) is 0 Å². The summed E-state index contributed by atoms with van der Waals surface area (Å²) < 4.78 is 4.96. The highest BCUT2D eigenvalue weighted by atomic mass is 16.5. The van der Waals surface area contributed by atoms with Crippen LogP contribution in [0.25, 0.3) is 0 Å². The summed E-state index contributed by atoms with van der Waals surface area (Å²) in [6.07, 6.45) is 0.721. The molecule has 0 radical (unpaired) electrons. The molecule has 0 aliphatic rings. The van der Waals surface area contributed by atoms with Crippen molar-refractivity contribution in [3.8, 4) is 5.75 Å². The molecule has 0 saturated heterocycles. The molecule has 0 heterocycles. The second-order valence-corrected chi connectivity index (χ2v) is 4.61. The predicted molar refractivity (Wildman–Crippen MR) is 80.2 cm³/mol. The quantitative estimate of drug-likeness (QED) is 0.678. The van der Waals surface area contributed by atoms with Gasteiger partial charge in [-0.3, -0.25) is 9.59 Å². The van der Waals surface area contributed by atoms with E-state index >= 15 is 0 Å². The standard InChI is InChI=1S/C17H17NO3/c1-13(19)21-16-9-7-14(8-10-16)11-12-18-17(20)15-5-3-2-4-6-15/h2-10H,11-12H2,1H3,(H,18,20). The van der Waals surface area contributed by atoms with Gasteiger partial charge in [-0.2, -0.15) is 0 Å². The van der Waals surface area contributed by atoms with E-state index in [9.17, 15) is 9.59 Å². The van der Waals surface area contributed by atoms with Gasteiger partial charge in [0.1, 0.15) is 5.75 Å². The van der Waals surface area contributed by atoms with Crippen LogP contribution in [0.1, 0.15) is 22.8 Å². The zero-order valence-electron chi connectivity index (χ0n) is 11.8. The Morgan fingerprint density at radius 3 is 2.29 bits per heavy atom. The first-order valence-electron chi connectivity index (χ1n) is 6.76. The van der Waals surface area contributed by atoms with Crippen molar-refractivity contribution in [1.29, 1.82) is 0 Å². The largest absolute Gasteiger partial charge is 0.427 e. The molecule has 4 heteroatoms. The van der Waals surface area contributed by atoms with E-state index in [2.05, 4.69) is 5.32 Å². The molecule has 0 aromatic heterocycles. The number of benzene rings is 2. The van der Waals surface area contributed by atoms with E-state index in [1.165, 1.54) is 6.92 Å². The van der Waals surface area contributed by atoms with Gasteiger partial charge in [-0.1, -0.05) is 30.3 Å². The lowest BCUT2D eigenvalue weighted by molar-refractivity contribution is -0.131. The first-order valence-corrected chi connectivity index (χ1v) is 6.76.